The minimum absolute atomic E-state index is 0.217. The fourth-order valence-corrected chi connectivity index (χ4v) is 2.14. The van der Waals surface area contributed by atoms with E-state index in [4.69, 9.17) is 5.73 Å². The summed E-state index contributed by atoms with van der Waals surface area (Å²) in [6.45, 7) is 4.18. The van der Waals surface area contributed by atoms with Crippen molar-refractivity contribution in [3.8, 4) is 0 Å². The van der Waals surface area contributed by atoms with E-state index in [-0.39, 0.29) is 6.04 Å². The Kier molecular flexibility index (Phi) is 4.69. The molecular formula is C17H22N2. The zero-order valence-electron chi connectivity index (χ0n) is 11.8. The number of pyridine rings is 1. The first-order valence-electron chi connectivity index (χ1n) is 6.94. The van der Waals surface area contributed by atoms with Crippen LogP contribution in [0.2, 0.25) is 0 Å². The molecule has 1 atom stereocenters. The summed E-state index contributed by atoms with van der Waals surface area (Å²) in [6, 6.07) is 13.2. The molecule has 2 rings (SSSR count). The van der Waals surface area contributed by atoms with Crippen LogP contribution in [0.5, 0.6) is 0 Å². The summed E-state index contributed by atoms with van der Waals surface area (Å²) < 4.78 is 0. The van der Waals surface area contributed by atoms with E-state index in [0.29, 0.717) is 0 Å². The molecule has 0 aliphatic heterocycles. The van der Waals surface area contributed by atoms with Gasteiger partial charge in [-0.3, -0.25) is 4.98 Å². The van der Waals surface area contributed by atoms with E-state index in [1.165, 1.54) is 16.7 Å². The molecule has 2 aromatic rings. The van der Waals surface area contributed by atoms with Crippen molar-refractivity contribution < 1.29 is 0 Å². The Morgan fingerprint density at radius 3 is 2.16 bits per heavy atom. The lowest BCUT2D eigenvalue weighted by Crippen LogP contribution is -2.17. The smallest absolute Gasteiger partial charge is 0.0447 e. The summed E-state index contributed by atoms with van der Waals surface area (Å²) in [7, 11) is 0. The topological polar surface area (TPSA) is 38.9 Å². The van der Waals surface area contributed by atoms with Crippen LogP contribution in [0, 0.1) is 0 Å². The molecule has 2 N–H and O–H groups in total. The second-order valence-electron chi connectivity index (χ2n) is 5.19. The largest absolute Gasteiger partial charge is 0.328 e. The van der Waals surface area contributed by atoms with Gasteiger partial charge in [0.25, 0.3) is 0 Å². The van der Waals surface area contributed by atoms with Crippen LogP contribution in [0.3, 0.4) is 0 Å². The highest BCUT2D eigenvalue weighted by Gasteiger charge is 2.01. The van der Waals surface area contributed by atoms with E-state index in [1.807, 2.05) is 13.1 Å². The van der Waals surface area contributed by atoms with Crippen molar-refractivity contribution in [1.29, 1.82) is 0 Å². The van der Waals surface area contributed by atoms with Gasteiger partial charge in [-0.05, 0) is 42.5 Å². The zero-order chi connectivity index (χ0) is 13.7. The molecule has 1 unspecified atom stereocenters. The molecule has 0 bridgehead atoms. The summed E-state index contributed by atoms with van der Waals surface area (Å²) in [5.41, 5.74) is 10.8. The molecular weight excluding hydrogens is 232 g/mol. The van der Waals surface area contributed by atoms with Gasteiger partial charge in [0.1, 0.15) is 0 Å². The second-order valence-corrected chi connectivity index (χ2v) is 5.19. The summed E-state index contributed by atoms with van der Waals surface area (Å²) in [5, 5.41) is 0. The van der Waals surface area contributed by atoms with Crippen molar-refractivity contribution in [2.45, 2.75) is 39.2 Å². The molecule has 19 heavy (non-hydrogen) atoms. The number of nitrogens with two attached hydrogens (primary N) is 1. The van der Waals surface area contributed by atoms with Gasteiger partial charge in [0.2, 0.25) is 0 Å². The van der Waals surface area contributed by atoms with Gasteiger partial charge in [-0.15, -0.1) is 0 Å². The van der Waals surface area contributed by atoms with Crippen LogP contribution in [0.4, 0.5) is 0 Å². The van der Waals surface area contributed by atoms with Crippen LogP contribution in [0.25, 0.3) is 0 Å². The molecule has 1 heterocycles. The molecule has 2 nitrogen and oxygen atoms in total. The van der Waals surface area contributed by atoms with E-state index in [0.717, 1.165) is 25.0 Å². The van der Waals surface area contributed by atoms with E-state index >= 15 is 0 Å². The number of benzene rings is 1. The van der Waals surface area contributed by atoms with Gasteiger partial charge in [-0.25, -0.2) is 0 Å². The van der Waals surface area contributed by atoms with Gasteiger partial charge in [-0.1, -0.05) is 37.3 Å². The zero-order valence-corrected chi connectivity index (χ0v) is 11.8. The first kappa shape index (κ1) is 13.8. The van der Waals surface area contributed by atoms with Crippen molar-refractivity contribution in [3.05, 3.63) is 65.0 Å². The maximum absolute atomic E-state index is 5.80. The Morgan fingerprint density at radius 2 is 1.63 bits per heavy atom. The molecule has 0 saturated carbocycles. The number of hydrogen-bond acceptors (Lipinski definition) is 2. The highest BCUT2D eigenvalue weighted by atomic mass is 14.7. The third-order valence-electron chi connectivity index (χ3n) is 3.26. The highest BCUT2D eigenvalue weighted by molar-refractivity contribution is 5.27. The van der Waals surface area contributed by atoms with Crippen LogP contribution in [-0.4, -0.2) is 11.0 Å². The summed E-state index contributed by atoms with van der Waals surface area (Å²) in [5.74, 6) is 0. The van der Waals surface area contributed by atoms with E-state index < -0.39 is 0 Å². The Morgan fingerprint density at radius 1 is 1.00 bits per heavy atom. The normalized spacial score (nSPS) is 12.4. The van der Waals surface area contributed by atoms with E-state index in [9.17, 15) is 0 Å². The van der Waals surface area contributed by atoms with Crippen molar-refractivity contribution in [1.82, 2.24) is 4.98 Å². The van der Waals surface area contributed by atoms with Gasteiger partial charge in [0.05, 0.1) is 0 Å². The first-order valence-corrected chi connectivity index (χ1v) is 6.94. The minimum Gasteiger partial charge on any atom is -0.328 e. The Balaban J connectivity index is 2.02. The molecule has 2 heteroatoms. The first-order chi connectivity index (χ1) is 9.17. The van der Waals surface area contributed by atoms with Gasteiger partial charge in [-0.2, -0.15) is 0 Å². The van der Waals surface area contributed by atoms with Gasteiger partial charge in [0, 0.05) is 24.4 Å². The number of aromatic nitrogens is 1. The summed E-state index contributed by atoms with van der Waals surface area (Å²) in [4.78, 5) is 4.50. The quantitative estimate of drug-likeness (QED) is 0.890. The van der Waals surface area contributed by atoms with Crippen molar-refractivity contribution in [3.63, 3.8) is 0 Å². The standard InChI is InChI=1S/C17H22N2/c1-3-14-8-9-17(19-12-14)11-16-6-4-15(5-7-16)10-13(2)18/h4-9,12-13H,3,10-11,18H2,1-2H3. The summed E-state index contributed by atoms with van der Waals surface area (Å²) in [6.07, 6.45) is 4.84. The lowest BCUT2D eigenvalue weighted by Gasteiger charge is -2.07. The van der Waals surface area contributed by atoms with Crippen LogP contribution in [0.1, 0.15) is 36.2 Å². The molecule has 0 fully saturated rings. The molecule has 0 aliphatic rings. The Labute approximate surface area is 115 Å². The molecule has 1 aromatic heterocycles. The lowest BCUT2D eigenvalue weighted by atomic mass is 10.0. The number of aryl methyl sites for hydroxylation is 1. The predicted octanol–water partition coefficient (Wildman–Crippen LogP) is 3.12. The average Bonchev–Trinajstić information content (AvgIpc) is 2.41. The second kappa shape index (κ2) is 6.48. The Bertz CT molecular complexity index is 498. The van der Waals surface area contributed by atoms with E-state index in [1.54, 1.807) is 0 Å². The monoisotopic (exact) mass is 254 g/mol. The molecule has 1 aromatic carbocycles. The predicted molar refractivity (Wildman–Crippen MR) is 80.2 cm³/mol. The van der Waals surface area contributed by atoms with Crippen LogP contribution in [0.15, 0.2) is 42.6 Å². The van der Waals surface area contributed by atoms with Crippen LogP contribution in [-0.2, 0) is 19.3 Å². The SMILES string of the molecule is CCc1ccc(Cc2ccc(CC(C)N)cc2)nc1. The van der Waals surface area contributed by atoms with Gasteiger partial charge >= 0.3 is 0 Å². The molecule has 0 saturated heterocycles. The maximum Gasteiger partial charge on any atom is 0.0447 e. The molecule has 0 spiro atoms. The maximum atomic E-state index is 5.80. The van der Waals surface area contributed by atoms with Gasteiger partial charge < -0.3 is 5.73 Å². The fraction of sp³-hybridized carbons (Fsp3) is 0.353. The van der Waals surface area contributed by atoms with Crippen LogP contribution < -0.4 is 5.73 Å². The average molecular weight is 254 g/mol. The minimum atomic E-state index is 0.217. The molecule has 100 valence electrons. The number of nitrogens with zero attached hydrogens (tertiary/aromatic N) is 1. The van der Waals surface area contributed by atoms with Crippen molar-refractivity contribution in [2.75, 3.05) is 0 Å². The third kappa shape index (κ3) is 4.18. The van der Waals surface area contributed by atoms with Crippen molar-refractivity contribution >= 4 is 0 Å². The van der Waals surface area contributed by atoms with Crippen molar-refractivity contribution in [2.24, 2.45) is 5.73 Å². The van der Waals surface area contributed by atoms with Crippen LogP contribution >= 0.6 is 0 Å². The summed E-state index contributed by atoms with van der Waals surface area (Å²) >= 11 is 0. The van der Waals surface area contributed by atoms with E-state index in [2.05, 4.69) is 48.3 Å². The van der Waals surface area contributed by atoms with Gasteiger partial charge in [0.15, 0.2) is 0 Å². The molecule has 0 amide bonds. The molecule has 0 aliphatic carbocycles. The Hall–Kier alpha value is -1.67. The molecule has 0 radical (unpaired) electrons. The third-order valence-corrected chi connectivity index (χ3v) is 3.26. The fourth-order valence-electron chi connectivity index (χ4n) is 2.14. The highest BCUT2D eigenvalue weighted by Crippen LogP contribution is 2.11. The number of hydrogen-bond donors (Lipinski definition) is 1. The number of rotatable bonds is 5. The lowest BCUT2D eigenvalue weighted by molar-refractivity contribution is 0.738.